The molecule has 2 saturated heterocycles. The zero-order valence-corrected chi connectivity index (χ0v) is 17.7. The Bertz CT molecular complexity index is 1230. The van der Waals surface area contributed by atoms with Crippen molar-refractivity contribution in [2.24, 2.45) is 0 Å². The smallest absolute Gasteiger partial charge is 0.258 e. The molecule has 7 nitrogen and oxygen atoms in total. The first kappa shape index (κ1) is 19.9. The number of alkyl halides is 1. The number of nitrogens with one attached hydrogen (secondary N) is 1. The number of hydrogen-bond acceptors (Lipinski definition) is 5. The van der Waals surface area contributed by atoms with Crippen LogP contribution in [-0.4, -0.2) is 49.8 Å². The Labute approximate surface area is 187 Å². The summed E-state index contributed by atoms with van der Waals surface area (Å²) < 4.78 is 36.4. The summed E-state index contributed by atoms with van der Waals surface area (Å²) in [6.45, 7) is 0.599. The number of aromatic nitrogens is 3. The number of rotatable bonds is 3. The van der Waals surface area contributed by atoms with E-state index < -0.39 is 18.1 Å². The molecule has 10 heteroatoms. The standard InChI is InChI=1S/C22H20ClF2N5O2/c23-11-7-26-21-15-9-29(10-17(15)28-30(21)8-11)22(31)14-3-1-12(24)5-18(14)32-19-6-13-2-4-16(27-13)20(19)25/h1,3,5,7-8,13,16,19-20,27H,2,4,6,9-10H2/t13-,16-,19+,20?/m0/s1. The minimum absolute atomic E-state index is 0.0765. The van der Waals surface area contributed by atoms with Crippen LogP contribution in [0.4, 0.5) is 8.78 Å². The van der Waals surface area contributed by atoms with E-state index in [1.165, 1.54) is 24.4 Å². The van der Waals surface area contributed by atoms with Gasteiger partial charge >= 0.3 is 0 Å². The topological polar surface area (TPSA) is 71.8 Å². The molecule has 3 aliphatic heterocycles. The number of hydrogen-bond donors (Lipinski definition) is 1. The summed E-state index contributed by atoms with van der Waals surface area (Å²) in [4.78, 5) is 19.3. The van der Waals surface area contributed by atoms with Crippen LogP contribution in [0.3, 0.4) is 0 Å². The maximum Gasteiger partial charge on any atom is 0.258 e. The van der Waals surface area contributed by atoms with E-state index in [0.29, 0.717) is 23.6 Å². The van der Waals surface area contributed by atoms with Gasteiger partial charge in [0.05, 0.1) is 35.6 Å². The van der Waals surface area contributed by atoms with E-state index in [2.05, 4.69) is 15.4 Å². The molecular formula is C22H20ClF2N5O2. The van der Waals surface area contributed by atoms with E-state index in [0.717, 1.165) is 24.1 Å². The van der Waals surface area contributed by atoms with Crippen LogP contribution >= 0.6 is 11.6 Å². The lowest BCUT2D eigenvalue weighted by Gasteiger charge is -2.33. The molecule has 2 fully saturated rings. The zero-order chi connectivity index (χ0) is 22.0. The Morgan fingerprint density at radius 1 is 1.28 bits per heavy atom. The average Bonchev–Trinajstić information content (AvgIpc) is 3.44. The summed E-state index contributed by atoms with van der Waals surface area (Å²) >= 11 is 5.98. The molecule has 0 saturated carbocycles. The quantitative estimate of drug-likeness (QED) is 0.650. The van der Waals surface area contributed by atoms with Gasteiger partial charge in [-0.1, -0.05) is 11.6 Å². The summed E-state index contributed by atoms with van der Waals surface area (Å²) in [5.74, 6) is -0.780. The first-order valence-corrected chi connectivity index (χ1v) is 11.0. The van der Waals surface area contributed by atoms with Crippen molar-refractivity contribution >= 4 is 23.2 Å². The van der Waals surface area contributed by atoms with Crippen LogP contribution in [0.15, 0.2) is 30.6 Å². The van der Waals surface area contributed by atoms with E-state index in [1.807, 2.05) is 0 Å². The second kappa shape index (κ2) is 7.38. The number of amides is 1. The van der Waals surface area contributed by atoms with Gasteiger partial charge in [-0.25, -0.2) is 18.3 Å². The lowest BCUT2D eigenvalue weighted by atomic mass is 10.00. The number of benzene rings is 1. The number of nitrogens with zero attached hydrogens (tertiary/aromatic N) is 4. The summed E-state index contributed by atoms with van der Waals surface area (Å²) in [5.41, 5.74) is 2.43. The minimum Gasteiger partial charge on any atom is -0.486 e. The lowest BCUT2D eigenvalue weighted by molar-refractivity contribution is 0.0439. The van der Waals surface area contributed by atoms with Crippen LogP contribution in [0, 0.1) is 5.82 Å². The third kappa shape index (κ3) is 3.22. The van der Waals surface area contributed by atoms with Gasteiger partial charge in [-0.15, -0.1) is 0 Å². The van der Waals surface area contributed by atoms with Crippen molar-refractivity contribution in [3.63, 3.8) is 0 Å². The first-order chi connectivity index (χ1) is 15.5. The highest BCUT2D eigenvalue weighted by molar-refractivity contribution is 6.30. The van der Waals surface area contributed by atoms with Crippen LogP contribution < -0.4 is 10.1 Å². The number of ether oxygens (including phenoxy) is 1. The van der Waals surface area contributed by atoms with Gasteiger partial charge in [-0.2, -0.15) is 5.10 Å². The van der Waals surface area contributed by atoms with Gasteiger partial charge in [0.25, 0.3) is 5.91 Å². The van der Waals surface area contributed by atoms with Crippen LogP contribution in [0.2, 0.25) is 5.02 Å². The lowest BCUT2D eigenvalue weighted by Crippen LogP contribution is -2.51. The molecule has 2 bridgehead atoms. The van der Waals surface area contributed by atoms with E-state index in [1.54, 1.807) is 15.6 Å². The van der Waals surface area contributed by atoms with Crippen molar-refractivity contribution in [3.8, 4) is 5.75 Å². The third-order valence-electron chi connectivity index (χ3n) is 6.58. The third-order valence-corrected chi connectivity index (χ3v) is 6.78. The molecule has 0 spiro atoms. The molecule has 32 heavy (non-hydrogen) atoms. The van der Waals surface area contributed by atoms with Crippen molar-refractivity contribution in [2.45, 2.75) is 56.7 Å². The normalized spacial score (nSPS) is 26.5. The van der Waals surface area contributed by atoms with Crippen LogP contribution in [-0.2, 0) is 13.1 Å². The molecule has 0 aliphatic carbocycles. The first-order valence-electron chi connectivity index (χ1n) is 10.6. The minimum atomic E-state index is -1.21. The second-order valence-electron chi connectivity index (χ2n) is 8.65. The summed E-state index contributed by atoms with van der Waals surface area (Å²) in [7, 11) is 0. The molecule has 4 atom stereocenters. The summed E-state index contributed by atoms with van der Waals surface area (Å²) in [6.07, 6.45) is 3.43. The molecular weight excluding hydrogens is 440 g/mol. The zero-order valence-electron chi connectivity index (χ0n) is 17.0. The average molecular weight is 460 g/mol. The molecule has 1 unspecified atom stereocenters. The molecule has 166 valence electrons. The number of piperidine rings is 1. The fraction of sp³-hybridized carbons (Fsp3) is 0.409. The van der Waals surface area contributed by atoms with E-state index in [-0.39, 0.29) is 35.8 Å². The summed E-state index contributed by atoms with van der Waals surface area (Å²) in [5, 5.41) is 8.19. The van der Waals surface area contributed by atoms with Crippen LogP contribution in [0.5, 0.6) is 5.75 Å². The Morgan fingerprint density at radius 3 is 3.03 bits per heavy atom. The van der Waals surface area contributed by atoms with Crippen molar-refractivity contribution in [2.75, 3.05) is 0 Å². The highest BCUT2D eigenvalue weighted by Crippen LogP contribution is 2.34. The van der Waals surface area contributed by atoms with Crippen molar-refractivity contribution in [1.29, 1.82) is 0 Å². The summed E-state index contributed by atoms with van der Waals surface area (Å²) in [6, 6.07) is 3.72. The van der Waals surface area contributed by atoms with Crippen LogP contribution in [0.1, 0.15) is 40.9 Å². The van der Waals surface area contributed by atoms with E-state index in [9.17, 15) is 13.6 Å². The molecule has 3 aliphatic rings. The highest BCUT2D eigenvalue weighted by atomic mass is 35.5. The van der Waals surface area contributed by atoms with Gasteiger partial charge in [0, 0.05) is 36.3 Å². The van der Waals surface area contributed by atoms with Gasteiger partial charge in [0.15, 0.2) is 11.8 Å². The molecule has 1 amide bonds. The van der Waals surface area contributed by atoms with Crippen LogP contribution in [0.25, 0.3) is 5.65 Å². The largest absolute Gasteiger partial charge is 0.486 e. The molecule has 1 N–H and O–H groups in total. The molecule has 6 rings (SSSR count). The van der Waals surface area contributed by atoms with Crippen molar-refractivity contribution in [3.05, 3.63) is 58.3 Å². The Kier molecular flexibility index (Phi) is 4.58. The Morgan fingerprint density at radius 2 is 2.16 bits per heavy atom. The number of carbonyl (C=O) groups is 1. The van der Waals surface area contributed by atoms with E-state index in [4.69, 9.17) is 16.3 Å². The van der Waals surface area contributed by atoms with Crippen molar-refractivity contribution < 1.29 is 18.3 Å². The molecule has 0 radical (unpaired) electrons. The molecule has 3 aromatic rings. The van der Waals surface area contributed by atoms with E-state index >= 15 is 0 Å². The predicted molar refractivity (Wildman–Crippen MR) is 112 cm³/mol. The highest BCUT2D eigenvalue weighted by Gasteiger charge is 2.43. The van der Waals surface area contributed by atoms with Gasteiger partial charge in [-0.3, -0.25) is 4.79 Å². The second-order valence-corrected chi connectivity index (χ2v) is 9.09. The number of carbonyl (C=O) groups excluding carboxylic acids is 1. The molecule has 5 heterocycles. The fourth-order valence-electron chi connectivity index (χ4n) is 5.04. The van der Waals surface area contributed by atoms with Crippen molar-refractivity contribution in [1.82, 2.24) is 24.8 Å². The van der Waals surface area contributed by atoms with Gasteiger partial charge in [0.1, 0.15) is 17.7 Å². The number of fused-ring (bicyclic) bond motifs is 5. The fourth-order valence-corrected chi connectivity index (χ4v) is 5.18. The Balaban J connectivity index is 1.26. The van der Waals surface area contributed by atoms with Gasteiger partial charge in [0.2, 0.25) is 0 Å². The Hall–Kier alpha value is -2.78. The van der Waals surface area contributed by atoms with Gasteiger partial charge in [-0.05, 0) is 25.0 Å². The predicted octanol–water partition coefficient (Wildman–Crippen LogP) is 3.29. The maximum absolute atomic E-state index is 14.9. The monoisotopic (exact) mass is 459 g/mol. The SMILES string of the molecule is O=C(c1ccc(F)cc1O[C@@H]1C[C@@H]2CC[C@H](N2)C1F)N1Cc2nn3cc(Cl)cnc3c2C1. The maximum atomic E-state index is 14.9. The molecule has 1 aromatic carbocycles. The number of halogens is 3. The van der Waals surface area contributed by atoms with Gasteiger partial charge < -0.3 is 15.0 Å². The molecule has 2 aromatic heterocycles.